The average Bonchev–Trinajstić information content (AvgIpc) is 3.42. The van der Waals surface area contributed by atoms with E-state index in [-0.39, 0.29) is 0 Å². The lowest BCUT2D eigenvalue weighted by atomic mass is 9.77. The van der Waals surface area contributed by atoms with Crippen LogP contribution in [0.4, 0.5) is 31.5 Å². The van der Waals surface area contributed by atoms with Crippen LogP contribution in [0.2, 0.25) is 0 Å². The van der Waals surface area contributed by atoms with Crippen molar-refractivity contribution in [2.45, 2.75) is 57.4 Å². The first-order chi connectivity index (χ1) is 17.0. The standard InChI is InChI=1S/C17H28N4OS.2C2HF3O2/c1-13-18-19-16(23-13)21-7-5-17(6-8-21)9-15(20(2)12-17)11-22-10-14-3-4-14;2*3-2(4,5)1(6)7/h14-15H,3-12H2,1-2H3;2*(H,6,7). The maximum Gasteiger partial charge on any atom is 0.490 e. The van der Waals surface area contributed by atoms with E-state index >= 15 is 0 Å². The van der Waals surface area contributed by atoms with Crippen LogP contribution in [-0.2, 0) is 14.3 Å². The Morgan fingerprint density at radius 3 is 1.95 bits per heavy atom. The fourth-order valence-electron chi connectivity index (χ4n) is 4.17. The lowest BCUT2D eigenvalue weighted by Gasteiger charge is -2.39. The summed E-state index contributed by atoms with van der Waals surface area (Å²) in [5.74, 6) is -4.64. The number of aryl methyl sites for hydroxylation is 1. The number of carboxylic acids is 2. The number of nitrogens with zero attached hydrogens (tertiary/aromatic N) is 4. The fourth-order valence-corrected chi connectivity index (χ4v) is 4.91. The number of likely N-dealkylation sites (N-methyl/N-ethyl adjacent to an activating group) is 1. The molecule has 2 N–H and O–H groups in total. The highest BCUT2D eigenvalue weighted by molar-refractivity contribution is 7.15. The number of likely N-dealkylation sites (tertiary alicyclic amines) is 1. The van der Waals surface area contributed by atoms with E-state index in [1.165, 1.54) is 38.6 Å². The quantitative estimate of drug-likeness (QED) is 0.515. The van der Waals surface area contributed by atoms with Gasteiger partial charge < -0.3 is 24.7 Å². The van der Waals surface area contributed by atoms with E-state index in [4.69, 9.17) is 24.5 Å². The third-order valence-corrected chi connectivity index (χ3v) is 7.23. The summed E-state index contributed by atoms with van der Waals surface area (Å²) >= 11 is 1.72. The van der Waals surface area contributed by atoms with Crippen molar-refractivity contribution in [1.29, 1.82) is 0 Å². The van der Waals surface area contributed by atoms with Gasteiger partial charge in [0.25, 0.3) is 0 Å². The SMILES string of the molecule is Cc1nnc(N2CCC3(CC2)CC(COCC2CC2)N(C)C3)s1.O=C(O)C(F)(F)F.O=C(O)C(F)(F)F. The van der Waals surface area contributed by atoms with Crippen LogP contribution in [0.5, 0.6) is 0 Å². The summed E-state index contributed by atoms with van der Waals surface area (Å²) in [5, 5.41) is 24.9. The molecular formula is C21H30F6N4O5S. The summed E-state index contributed by atoms with van der Waals surface area (Å²) < 4.78 is 69.4. The molecule has 1 aromatic rings. The molecular weight excluding hydrogens is 534 g/mol. The zero-order valence-electron chi connectivity index (χ0n) is 20.3. The van der Waals surface area contributed by atoms with Crippen LogP contribution in [0.15, 0.2) is 0 Å². The Morgan fingerprint density at radius 2 is 1.54 bits per heavy atom. The predicted octanol–water partition coefficient (Wildman–Crippen LogP) is 3.83. The zero-order valence-corrected chi connectivity index (χ0v) is 21.1. The van der Waals surface area contributed by atoms with Crippen molar-refractivity contribution in [3.8, 4) is 0 Å². The number of aromatic nitrogens is 2. The van der Waals surface area contributed by atoms with Crippen molar-refractivity contribution in [3.63, 3.8) is 0 Å². The van der Waals surface area contributed by atoms with Crippen LogP contribution in [0, 0.1) is 18.3 Å². The second-order valence-electron chi connectivity index (χ2n) is 9.45. The number of halogens is 6. The third kappa shape index (κ3) is 10.2. The molecule has 0 bridgehead atoms. The molecule has 0 aromatic carbocycles. The molecule has 37 heavy (non-hydrogen) atoms. The van der Waals surface area contributed by atoms with Gasteiger partial charge in [0.1, 0.15) is 5.01 Å². The molecule has 4 rings (SSSR count). The summed E-state index contributed by atoms with van der Waals surface area (Å²) in [6.45, 7) is 7.42. The van der Waals surface area contributed by atoms with Gasteiger partial charge in [-0.1, -0.05) is 11.3 Å². The highest BCUT2D eigenvalue weighted by atomic mass is 32.1. The summed E-state index contributed by atoms with van der Waals surface area (Å²) in [7, 11) is 2.28. The summed E-state index contributed by atoms with van der Waals surface area (Å²) in [4.78, 5) is 22.8. The number of rotatable bonds is 5. The van der Waals surface area contributed by atoms with E-state index in [1.807, 2.05) is 6.92 Å². The number of hydrogen-bond acceptors (Lipinski definition) is 8. The number of alkyl halides is 6. The van der Waals surface area contributed by atoms with Crippen molar-refractivity contribution in [2.24, 2.45) is 11.3 Å². The van der Waals surface area contributed by atoms with Gasteiger partial charge in [-0.05, 0) is 57.4 Å². The van der Waals surface area contributed by atoms with E-state index in [9.17, 15) is 26.3 Å². The number of carboxylic acid groups (broad SMARTS) is 2. The maximum absolute atomic E-state index is 10.6. The zero-order chi connectivity index (χ0) is 28.0. The normalized spacial score (nSPS) is 21.6. The Kier molecular flexibility index (Phi) is 10.5. The van der Waals surface area contributed by atoms with E-state index < -0.39 is 24.3 Å². The van der Waals surface area contributed by atoms with Crippen molar-refractivity contribution in [2.75, 3.05) is 44.8 Å². The minimum atomic E-state index is -5.08. The first kappa shape index (κ1) is 31.0. The Balaban J connectivity index is 0.000000286. The number of aliphatic carboxylic acids is 2. The molecule has 16 heteroatoms. The van der Waals surface area contributed by atoms with Crippen molar-refractivity contribution in [1.82, 2.24) is 15.1 Å². The predicted molar refractivity (Wildman–Crippen MR) is 120 cm³/mol. The molecule has 1 aliphatic carbocycles. The topological polar surface area (TPSA) is 116 Å². The van der Waals surface area contributed by atoms with Gasteiger partial charge in [0, 0.05) is 32.3 Å². The molecule has 1 unspecified atom stereocenters. The lowest BCUT2D eigenvalue weighted by Crippen LogP contribution is -2.41. The molecule has 1 atom stereocenters. The Bertz CT molecular complexity index is 877. The monoisotopic (exact) mass is 564 g/mol. The van der Waals surface area contributed by atoms with E-state index in [2.05, 4.69) is 27.0 Å². The number of anilines is 1. The first-order valence-electron chi connectivity index (χ1n) is 11.5. The largest absolute Gasteiger partial charge is 0.490 e. The van der Waals surface area contributed by atoms with E-state index in [0.717, 1.165) is 42.4 Å². The van der Waals surface area contributed by atoms with E-state index in [1.54, 1.807) is 11.3 Å². The van der Waals surface area contributed by atoms with Crippen LogP contribution < -0.4 is 4.90 Å². The Labute approximate surface area is 213 Å². The molecule has 0 radical (unpaired) electrons. The van der Waals surface area contributed by atoms with E-state index in [0.29, 0.717) is 11.5 Å². The summed E-state index contributed by atoms with van der Waals surface area (Å²) in [6.07, 6.45) is -3.56. The average molecular weight is 565 g/mol. The van der Waals surface area contributed by atoms with Gasteiger partial charge in [-0.15, -0.1) is 10.2 Å². The fraction of sp³-hybridized carbons (Fsp3) is 0.810. The Morgan fingerprint density at radius 1 is 1.03 bits per heavy atom. The first-order valence-corrected chi connectivity index (χ1v) is 12.3. The number of ether oxygens (including phenoxy) is 1. The summed E-state index contributed by atoms with van der Waals surface area (Å²) in [5.41, 5.74) is 0.499. The minimum absolute atomic E-state index is 0.499. The lowest BCUT2D eigenvalue weighted by molar-refractivity contribution is -0.193. The Hall–Kier alpha value is -2.20. The van der Waals surface area contributed by atoms with Gasteiger partial charge in [-0.2, -0.15) is 26.3 Å². The van der Waals surface area contributed by atoms with Crippen molar-refractivity contribution in [3.05, 3.63) is 5.01 Å². The van der Waals surface area contributed by atoms with Crippen LogP contribution in [0.25, 0.3) is 0 Å². The molecule has 3 fully saturated rings. The number of piperidine rings is 1. The van der Waals surface area contributed by atoms with Gasteiger partial charge in [0.2, 0.25) is 5.13 Å². The van der Waals surface area contributed by atoms with Crippen molar-refractivity contribution >= 4 is 28.4 Å². The summed E-state index contributed by atoms with van der Waals surface area (Å²) in [6, 6.07) is 0.615. The third-order valence-electron chi connectivity index (χ3n) is 6.33. The number of hydrogen-bond donors (Lipinski definition) is 2. The van der Waals surface area contributed by atoms with Crippen LogP contribution >= 0.6 is 11.3 Å². The molecule has 1 saturated carbocycles. The van der Waals surface area contributed by atoms with Crippen LogP contribution in [0.1, 0.15) is 37.1 Å². The van der Waals surface area contributed by atoms with Gasteiger partial charge >= 0.3 is 24.3 Å². The van der Waals surface area contributed by atoms with Crippen LogP contribution in [0.3, 0.4) is 0 Å². The van der Waals surface area contributed by atoms with Crippen LogP contribution in [-0.4, -0.2) is 95.5 Å². The maximum atomic E-state index is 10.6. The molecule has 2 aliphatic heterocycles. The van der Waals surface area contributed by atoms with Gasteiger partial charge in [0.15, 0.2) is 0 Å². The smallest absolute Gasteiger partial charge is 0.475 e. The van der Waals surface area contributed by atoms with Gasteiger partial charge in [0.05, 0.1) is 6.61 Å². The van der Waals surface area contributed by atoms with Crippen molar-refractivity contribution < 1.29 is 50.9 Å². The molecule has 1 spiro atoms. The minimum Gasteiger partial charge on any atom is -0.475 e. The van der Waals surface area contributed by atoms with Gasteiger partial charge in [-0.25, -0.2) is 9.59 Å². The second-order valence-corrected chi connectivity index (χ2v) is 10.6. The molecule has 3 aliphatic rings. The molecule has 0 amide bonds. The molecule has 2 saturated heterocycles. The second kappa shape index (κ2) is 12.6. The molecule has 1 aromatic heterocycles. The molecule has 212 valence electrons. The highest BCUT2D eigenvalue weighted by Crippen LogP contribution is 2.44. The number of carbonyl (C=O) groups is 2. The highest BCUT2D eigenvalue weighted by Gasteiger charge is 2.44. The molecule has 3 heterocycles. The molecule has 9 nitrogen and oxygen atoms in total. The van der Waals surface area contributed by atoms with Gasteiger partial charge in [-0.3, -0.25) is 0 Å².